The van der Waals surface area contributed by atoms with Crippen molar-refractivity contribution >= 4 is 0 Å². The Labute approximate surface area is 70.1 Å². The number of hydrogen-bond acceptors (Lipinski definition) is 4. The summed E-state index contributed by atoms with van der Waals surface area (Å²) < 4.78 is 10.5. The lowest BCUT2D eigenvalue weighted by Crippen LogP contribution is -2.20. The first-order chi connectivity index (χ1) is 5.49. The maximum Gasteiger partial charge on any atom is 0.233 e. The molecule has 1 unspecified atom stereocenters. The van der Waals surface area contributed by atoms with Crippen LogP contribution in [-0.2, 0) is 9.47 Å². The van der Waals surface area contributed by atoms with Crippen molar-refractivity contribution in [2.24, 2.45) is 0 Å². The van der Waals surface area contributed by atoms with Crippen LogP contribution in [-0.4, -0.2) is 23.4 Å². The predicted octanol–water partition coefficient (Wildman–Crippen LogP) is 0.928. The van der Waals surface area contributed by atoms with Crippen molar-refractivity contribution in [1.29, 1.82) is 0 Å². The maximum absolute atomic E-state index is 9.94. The Balaban J connectivity index is 2.43. The minimum Gasteiger partial charge on any atom is -0.347 e. The lowest BCUT2D eigenvalue weighted by Gasteiger charge is -2.15. The summed E-state index contributed by atoms with van der Waals surface area (Å²) in [5.74, 6) is -0.619. The topological polar surface area (TPSA) is 61.6 Å². The van der Waals surface area contributed by atoms with Crippen molar-refractivity contribution in [1.82, 2.24) is 0 Å². The molecule has 1 aliphatic rings. The number of nitro groups is 1. The first-order valence-electron chi connectivity index (χ1n) is 3.63. The Morgan fingerprint density at radius 3 is 2.75 bits per heavy atom. The van der Waals surface area contributed by atoms with Crippen molar-refractivity contribution < 1.29 is 14.4 Å². The van der Waals surface area contributed by atoms with Crippen LogP contribution < -0.4 is 0 Å². The summed E-state index contributed by atoms with van der Waals surface area (Å²) in [6, 6.07) is 0. The van der Waals surface area contributed by atoms with E-state index in [2.05, 4.69) is 0 Å². The molecule has 0 amide bonds. The quantitative estimate of drug-likeness (QED) is 0.460. The van der Waals surface area contributed by atoms with Gasteiger partial charge in [-0.25, -0.2) is 0 Å². The molecule has 68 valence electrons. The summed E-state index contributed by atoms with van der Waals surface area (Å²) in [5, 5.41) is 9.94. The summed E-state index contributed by atoms with van der Waals surface area (Å²) in [6.07, 6.45) is 1.95. The van der Waals surface area contributed by atoms with Crippen molar-refractivity contribution in [3.63, 3.8) is 0 Å². The van der Waals surface area contributed by atoms with Crippen LogP contribution in [0.2, 0.25) is 0 Å². The molecule has 0 spiro atoms. The Morgan fingerprint density at radius 2 is 2.33 bits per heavy atom. The lowest BCUT2D eigenvalue weighted by atomic mass is 10.3. The van der Waals surface area contributed by atoms with Crippen LogP contribution in [0.4, 0.5) is 0 Å². The Hall–Kier alpha value is -0.940. The molecule has 0 aromatic heterocycles. The van der Waals surface area contributed by atoms with Crippen LogP contribution in [0.25, 0.3) is 0 Å². The molecule has 1 atom stereocenters. The summed E-state index contributed by atoms with van der Waals surface area (Å²) in [6.45, 7) is 3.91. The van der Waals surface area contributed by atoms with Gasteiger partial charge in [-0.1, -0.05) is 0 Å². The third-order valence-electron chi connectivity index (χ3n) is 1.45. The van der Waals surface area contributed by atoms with Gasteiger partial charge in [-0.3, -0.25) is 10.1 Å². The molecule has 0 N–H and O–H groups in total. The normalized spacial score (nSPS) is 28.0. The smallest absolute Gasteiger partial charge is 0.233 e. The van der Waals surface area contributed by atoms with Gasteiger partial charge in [-0.2, -0.15) is 0 Å². The van der Waals surface area contributed by atoms with E-state index in [1.807, 2.05) is 0 Å². The van der Waals surface area contributed by atoms with Crippen molar-refractivity contribution in [2.45, 2.75) is 25.7 Å². The van der Waals surface area contributed by atoms with Crippen molar-refractivity contribution in [3.05, 3.63) is 22.4 Å². The molecule has 1 saturated heterocycles. The molecule has 0 bridgehead atoms. The zero-order chi connectivity index (χ0) is 9.19. The van der Waals surface area contributed by atoms with Crippen LogP contribution in [0.3, 0.4) is 0 Å². The molecule has 5 heteroatoms. The fraction of sp³-hybridized carbons (Fsp3) is 0.714. The molecule has 1 rings (SSSR count). The van der Waals surface area contributed by atoms with Gasteiger partial charge in [-0.05, 0) is 13.8 Å². The van der Waals surface area contributed by atoms with E-state index in [1.165, 1.54) is 6.08 Å². The minimum atomic E-state index is -0.619. The highest BCUT2D eigenvalue weighted by molar-refractivity contribution is 4.88. The zero-order valence-corrected chi connectivity index (χ0v) is 7.02. The van der Waals surface area contributed by atoms with Gasteiger partial charge in [-0.15, -0.1) is 0 Å². The van der Waals surface area contributed by atoms with Gasteiger partial charge in [0.15, 0.2) is 5.79 Å². The molecular weight excluding hydrogens is 162 g/mol. The van der Waals surface area contributed by atoms with Gasteiger partial charge in [0, 0.05) is 6.08 Å². The number of hydrogen-bond donors (Lipinski definition) is 0. The minimum absolute atomic E-state index is 0.301. The van der Waals surface area contributed by atoms with Crippen molar-refractivity contribution in [3.8, 4) is 0 Å². The third kappa shape index (κ3) is 2.60. The molecule has 0 aromatic carbocycles. The van der Waals surface area contributed by atoms with Crippen LogP contribution in [0, 0.1) is 10.1 Å². The summed E-state index contributed by atoms with van der Waals surface area (Å²) in [5.41, 5.74) is 0. The van der Waals surface area contributed by atoms with E-state index in [1.54, 1.807) is 13.8 Å². The fourth-order valence-electron chi connectivity index (χ4n) is 0.977. The number of ether oxygens (including phenoxy) is 2. The Kier molecular flexibility index (Phi) is 2.44. The summed E-state index contributed by atoms with van der Waals surface area (Å²) in [4.78, 5) is 9.42. The number of rotatable bonds is 2. The Morgan fingerprint density at radius 1 is 1.67 bits per heavy atom. The molecule has 12 heavy (non-hydrogen) atoms. The third-order valence-corrected chi connectivity index (χ3v) is 1.45. The molecule has 0 radical (unpaired) electrons. The Bertz CT molecular complexity index is 211. The maximum atomic E-state index is 9.94. The first-order valence-corrected chi connectivity index (χ1v) is 3.63. The van der Waals surface area contributed by atoms with Gasteiger partial charge in [0.05, 0.1) is 11.5 Å². The predicted molar refractivity (Wildman–Crippen MR) is 41.0 cm³/mol. The van der Waals surface area contributed by atoms with Crippen LogP contribution in [0.5, 0.6) is 0 Å². The van der Waals surface area contributed by atoms with E-state index >= 15 is 0 Å². The molecule has 0 aromatic rings. The second-order valence-corrected chi connectivity index (χ2v) is 2.99. The van der Waals surface area contributed by atoms with Crippen LogP contribution in [0.15, 0.2) is 12.3 Å². The molecule has 1 fully saturated rings. The van der Waals surface area contributed by atoms with Gasteiger partial charge in [0.2, 0.25) is 6.20 Å². The molecule has 5 nitrogen and oxygen atoms in total. The molecule has 0 aliphatic carbocycles. The second-order valence-electron chi connectivity index (χ2n) is 2.99. The van der Waals surface area contributed by atoms with Crippen LogP contribution in [0.1, 0.15) is 13.8 Å². The van der Waals surface area contributed by atoms with Gasteiger partial charge in [0.1, 0.15) is 6.10 Å². The monoisotopic (exact) mass is 173 g/mol. The first kappa shape index (κ1) is 9.15. The van der Waals surface area contributed by atoms with E-state index in [0.29, 0.717) is 6.61 Å². The highest BCUT2D eigenvalue weighted by Gasteiger charge is 2.31. The van der Waals surface area contributed by atoms with E-state index in [9.17, 15) is 10.1 Å². The van der Waals surface area contributed by atoms with E-state index in [-0.39, 0.29) is 6.10 Å². The molecule has 0 saturated carbocycles. The summed E-state index contributed by atoms with van der Waals surface area (Å²) in [7, 11) is 0. The zero-order valence-electron chi connectivity index (χ0n) is 7.02. The van der Waals surface area contributed by atoms with E-state index < -0.39 is 10.7 Å². The molecular formula is C7H11NO4. The van der Waals surface area contributed by atoms with E-state index in [4.69, 9.17) is 9.47 Å². The fourth-order valence-corrected chi connectivity index (χ4v) is 0.977. The van der Waals surface area contributed by atoms with E-state index in [0.717, 1.165) is 6.20 Å². The average molecular weight is 173 g/mol. The lowest BCUT2D eigenvalue weighted by molar-refractivity contribution is -0.403. The molecule has 1 heterocycles. The van der Waals surface area contributed by atoms with Gasteiger partial charge in [0.25, 0.3) is 0 Å². The van der Waals surface area contributed by atoms with Gasteiger partial charge >= 0.3 is 0 Å². The SMILES string of the molecule is CC1(C)OCC(C=C[N+](=O)[O-])O1. The largest absolute Gasteiger partial charge is 0.347 e. The molecule has 1 aliphatic heterocycles. The number of nitrogens with zero attached hydrogens (tertiary/aromatic N) is 1. The highest BCUT2D eigenvalue weighted by atomic mass is 16.7. The van der Waals surface area contributed by atoms with Gasteiger partial charge < -0.3 is 9.47 Å². The van der Waals surface area contributed by atoms with Crippen molar-refractivity contribution in [2.75, 3.05) is 6.61 Å². The summed E-state index contributed by atoms with van der Waals surface area (Å²) >= 11 is 0. The van der Waals surface area contributed by atoms with Crippen LogP contribution >= 0.6 is 0 Å². The second kappa shape index (κ2) is 3.20. The highest BCUT2D eigenvalue weighted by Crippen LogP contribution is 2.22. The average Bonchev–Trinajstić information content (AvgIpc) is 2.26. The standard InChI is InChI=1S/C7H11NO4/c1-7(2)11-5-6(12-7)3-4-8(9)10/h3-4,6H,5H2,1-2H3.